The first-order valence-electron chi connectivity index (χ1n) is 10.9. The lowest BCUT2D eigenvalue weighted by atomic mass is 9.42. The molecule has 0 radical (unpaired) electrons. The molecule has 0 aliphatic heterocycles. The highest BCUT2D eigenvalue weighted by molar-refractivity contribution is 5.93. The molecule has 0 aromatic carbocycles. The zero-order valence-electron chi connectivity index (χ0n) is 19.0. The molecule has 0 bridgehead atoms. The minimum atomic E-state index is -0.598. The molecule has 6 heteroatoms. The topological polar surface area (TPSA) is 86.7 Å². The average molecular weight is 419 g/mol. The van der Waals surface area contributed by atoms with E-state index in [0.717, 1.165) is 18.4 Å². The van der Waals surface area contributed by atoms with Crippen molar-refractivity contribution in [1.29, 1.82) is 0 Å². The summed E-state index contributed by atoms with van der Waals surface area (Å²) in [6.07, 6.45) is 4.09. The highest BCUT2D eigenvalue weighted by Crippen LogP contribution is 2.65. The molecule has 0 aromatic heterocycles. The summed E-state index contributed by atoms with van der Waals surface area (Å²) in [5, 5.41) is 0. The van der Waals surface area contributed by atoms with Crippen molar-refractivity contribution in [3.63, 3.8) is 0 Å². The van der Waals surface area contributed by atoms with Gasteiger partial charge in [0.1, 0.15) is 18.5 Å². The van der Waals surface area contributed by atoms with E-state index in [4.69, 9.17) is 9.47 Å². The number of carbonyl (C=O) groups is 4. The Labute approximate surface area is 178 Å². The quantitative estimate of drug-likeness (QED) is 0.645. The highest BCUT2D eigenvalue weighted by atomic mass is 16.6. The molecule has 6 unspecified atom stereocenters. The maximum atomic E-state index is 13.4. The molecule has 30 heavy (non-hydrogen) atoms. The predicted molar refractivity (Wildman–Crippen MR) is 110 cm³/mol. The minimum absolute atomic E-state index is 0.00941. The molecule has 0 aromatic rings. The number of Topliss-reactive ketones (excluding diaryl/α,β-unsaturated/α-hetero) is 1. The Hall–Kier alpha value is -1.98. The van der Waals surface area contributed by atoms with Gasteiger partial charge >= 0.3 is 11.9 Å². The lowest BCUT2D eigenvalue weighted by Gasteiger charge is -2.61. The van der Waals surface area contributed by atoms with Crippen LogP contribution in [0.3, 0.4) is 0 Å². The van der Waals surface area contributed by atoms with Gasteiger partial charge in [-0.15, -0.1) is 0 Å². The molecule has 0 amide bonds. The highest BCUT2D eigenvalue weighted by Gasteiger charge is 2.62. The Morgan fingerprint density at radius 2 is 1.80 bits per heavy atom. The normalized spacial score (nSPS) is 39.3. The van der Waals surface area contributed by atoms with Gasteiger partial charge in [0, 0.05) is 38.0 Å². The monoisotopic (exact) mass is 418 g/mol. The summed E-state index contributed by atoms with van der Waals surface area (Å²) in [6, 6.07) is 0. The van der Waals surface area contributed by atoms with E-state index in [1.807, 2.05) is 13.8 Å². The van der Waals surface area contributed by atoms with E-state index in [-0.39, 0.29) is 40.8 Å². The zero-order valence-corrected chi connectivity index (χ0v) is 19.0. The van der Waals surface area contributed by atoms with E-state index in [1.54, 1.807) is 6.08 Å². The molecular weight excluding hydrogens is 384 g/mol. The van der Waals surface area contributed by atoms with Crippen LogP contribution in [0.1, 0.15) is 73.6 Å². The van der Waals surface area contributed by atoms with E-state index in [9.17, 15) is 19.2 Å². The van der Waals surface area contributed by atoms with Crippen LogP contribution in [0.2, 0.25) is 0 Å². The molecule has 0 heterocycles. The van der Waals surface area contributed by atoms with Gasteiger partial charge in [-0.2, -0.15) is 0 Å². The molecular formula is C24H34O6. The Bertz CT molecular complexity index is 813. The third kappa shape index (κ3) is 3.74. The van der Waals surface area contributed by atoms with E-state index >= 15 is 0 Å². The number of hydrogen-bond acceptors (Lipinski definition) is 6. The van der Waals surface area contributed by atoms with Crippen molar-refractivity contribution in [2.75, 3.05) is 6.61 Å². The number of hydrogen-bond donors (Lipinski definition) is 0. The Morgan fingerprint density at radius 3 is 2.40 bits per heavy atom. The maximum absolute atomic E-state index is 13.4. The Balaban J connectivity index is 1.92. The van der Waals surface area contributed by atoms with Crippen LogP contribution >= 0.6 is 0 Å². The van der Waals surface area contributed by atoms with E-state index in [0.29, 0.717) is 19.3 Å². The van der Waals surface area contributed by atoms with Crippen molar-refractivity contribution < 1.29 is 28.7 Å². The number of ether oxygens (including phenoxy) is 2. The number of fused-ring (bicyclic) bond motifs is 3. The van der Waals surface area contributed by atoms with Crippen molar-refractivity contribution >= 4 is 23.5 Å². The van der Waals surface area contributed by atoms with Gasteiger partial charge in [-0.05, 0) is 49.0 Å². The van der Waals surface area contributed by atoms with E-state index < -0.39 is 23.5 Å². The smallest absolute Gasteiger partial charge is 0.303 e. The summed E-state index contributed by atoms with van der Waals surface area (Å²) in [7, 11) is 0. The lowest BCUT2D eigenvalue weighted by Crippen LogP contribution is -2.59. The number of esters is 2. The van der Waals surface area contributed by atoms with Crippen LogP contribution in [0, 0.1) is 28.1 Å². The van der Waals surface area contributed by atoms with Crippen LogP contribution in [0.4, 0.5) is 0 Å². The lowest BCUT2D eigenvalue weighted by molar-refractivity contribution is -0.179. The van der Waals surface area contributed by atoms with Gasteiger partial charge in [-0.25, -0.2) is 0 Å². The number of rotatable bonds is 4. The van der Waals surface area contributed by atoms with Crippen molar-refractivity contribution in [3.8, 4) is 0 Å². The first-order valence-corrected chi connectivity index (χ1v) is 10.9. The van der Waals surface area contributed by atoms with Crippen molar-refractivity contribution in [2.45, 2.75) is 79.8 Å². The fraction of sp³-hybridized carbons (Fsp3) is 0.750. The summed E-state index contributed by atoms with van der Waals surface area (Å²) in [5.41, 5.74) is -0.0237. The Morgan fingerprint density at radius 1 is 1.13 bits per heavy atom. The van der Waals surface area contributed by atoms with Gasteiger partial charge in [-0.1, -0.05) is 26.3 Å². The van der Waals surface area contributed by atoms with Crippen LogP contribution < -0.4 is 0 Å². The SMILES string of the molecule is CC(=O)OCC(OC(C)=O)C1(C)CCC2(C)C(C1)C(=O)CC1(C)C(C)=CC(=O)CC12. The number of carbonyl (C=O) groups excluding carboxylic acids is 4. The second-order valence-electron chi connectivity index (χ2n) is 10.4. The largest absolute Gasteiger partial charge is 0.462 e. The van der Waals surface area contributed by atoms with Gasteiger partial charge < -0.3 is 9.47 Å². The van der Waals surface area contributed by atoms with Crippen LogP contribution in [-0.2, 0) is 28.7 Å². The summed E-state index contributed by atoms with van der Waals surface area (Å²) in [6.45, 7) is 10.9. The molecule has 166 valence electrons. The molecule has 0 spiro atoms. The van der Waals surface area contributed by atoms with Gasteiger partial charge in [0.25, 0.3) is 0 Å². The van der Waals surface area contributed by atoms with Gasteiger partial charge in [0.15, 0.2) is 5.78 Å². The van der Waals surface area contributed by atoms with Crippen LogP contribution in [0.25, 0.3) is 0 Å². The van der Waals surface area contributed by atoms with Gasteiger partial charge in [0.2, 0.25) is 0 Å². The first-order chi connectivity index (χ1) is 13.8. The van der Waals surface area contributed by atoms with Crippen LogP contribution in [-0.4, -0.2) is 36.2 Å². The summed E-state index contributed by atoms with van der Waals surface area (Å²) in [5.74, 6) is -0.575. The van der Waals surface area contributed by atoms with E-state index in [1.165, 1.54) is 13.8 Å². The zero-order chi connectivity index (χ0) is 22.5. The molecule has 0 saturated heterocycles. The number of allylic oxidation sites excluding steroid dienone is 2. The summed E-state index contributed by atoms with van der Waals surface area (Å²) < 4.78 is 10.7. The van der Waals surface area contributed by atoms with Crippen LogP contribution in [0.15, 0.2) is 11.6 Å². The van der Waals surface area contributed by atoms with Crippen LogP contribution in [0.5, 0.6) is 0 Å². The molecule has 3 aliphatic carbocycles. The summed E-state index contributed by atoms with van der Waals surface area (Å²) >= 11 is 0. The van der Waals surface area contributed by atoms with Gasteiger partial charge in [-0.3, -0.25) is 19.2 Å². The fourth-order valence-corrected chi connectivity index (χ4v) is 6.37. The molecule has 2 fully saturated rings. The molecule has 3 aliphatic rings. The second kappa shape index (κ2) is 7.61. The fourth-order valence-electron chi connectivity index (χ4n) is 6.37. The van der Waals surface area contributed by atoms with Gasteiger partial charge in [0.05, 0.1) is 0 Å². The third-order valence-corrected chi connectivity index (χ3v) is 8.40. The molecule has 6 nitrogen and oxygen atoms in total. The first kappa shape index (κ1) is 22.7. The van der Waals surface area contributed by atoms with Crippen molar-refractivity contribution in [1.82, 2.24) is 0 Å². The molecule has 3 rings (SSSR count). The predicted octanol–water partition coefficient (Wildman–Crippen LogP) is 3.81. The molecule has 6 atom stereocenters. The molecule has 2 saturated carbocycles. The second-order valence-corrected chi connectivity index (χ2v) is 10.4. The maximum Gasteiger partial charge on any atom is 0.303 e. The Kier molecular flexibility index (Phi) is 5.76. The summed E-state index contributed by atoms with van der Waals surface area (Å²) in [4.78, 5) is 48.9. The van der Waals surface area contributed by atoms with E-state index in [2.05, 4.69) is 13.8 Å². The number of ketones is 2. The third-order valence-electron chi connectivity index (χ3n) is 8.40. The standard InChI is InChI=1S/C24H34O6/c1-14-9-17(27)10-20-23(5)8-7-22(4,11-18(23)19(28)12-24(14,20)6)21(30-16(3)26)13-29-15(2)25/h9,18,20-21H,7-8,10-13H2,1-6H3. The minimum Gasteiger partial charge on any atom is -0.462 e. The van der Waals surface area contributed by atoms with Crippen molar-refractivity contribution in [3.05, 3.63) is 11.6 Å². The van der Waals surface area contributed by atoms with Crippen molar-refractivity contribution in [2.24, 2.45) is 28.1 Å². The average Bonchev–Trinajstić information content (AvgIpc) is 2.62. The molecule has 0 N–H and O–H groups in total.